The number of carbonyl (C=O) groups is 1. The van der Waals surface area contributed by atoms with E-state index < -0.39 is 0 Å². The van der Waals surface area contributed by atoms with Gasteiger partial charge in [-0.3, -0.25) is 4.79 Å². The second kappa shape index (κ2) is 7.14. The van der Waals surface area contributed by atoms with E-state index in [2.05, 4.69) is 29.4 Å². The molecular formula is C18H28N2OS. The number of amides is 1. The molecular weight excluding hydrogens is 292 g/mol. The lowest BCUT2D eigenvalue weighted by Crippen LogP contribution is -2.44. The van der Waals surface area contributed by atoms with Crippen molar-refractivity contribution in [3.8, 4) is 0 Å². The van der Waals surface area contributed by atoms with E-state index >= 15 is 0 Å². The maximum atomic E-state index is 12.6. The summed E-state index contributed by atoms with van der Waals surface area (Å²) in [5.74, 6) is 0.936. The largest absolute Gasteiger partial charge is 0.349 e. The Hall–Kier alpha value is -0.870. The van der Waals surface area contributed by atoms with Gasteiger partial charge in [0, 0.05) is 29.4 Å². The first-order chi connectivity index (χ1) is 10.7. The van der Waals surface area contributed by atoms with Crippen molar-refractivity contribution < 1.29 is 4.79 Å². The molecule has 22 heavy (non-hydrogen) atoms. The summed E-state index contributed by atoms with van der Waals surface area (Å²) in [6, 6.07) is 0.360. The number of nitrogens with zero attached hydrogens (tertiary/aromatic N) is 1. The van der Waals surface area contributed by atoms with Gasteiger partial charge in [-0.05, 0) is 56.6 Å². The Balaban J connectivity index is 1.57. The molecule has 1 saturated heterocycles. The fourth-order valence-corrected chi connectivity index (χ4v) is 4.99. The molecule has 0 aromatic carbocycles. The van der Waals surface area contributed by atoms with Crippen LogP contribution in [0.1, 0.15) is 60.3 Å². The molecule has 0 bridgehead atoms. The van der Waals surface area contributed by atoms with Gasteiger partial charge in [0.1, 0.15) is 0 Å². The van der Waals surface area contributed by atoms with E-state index in [0.29, 0.717) is 6.04 Å². The Morgan fingerprint density at radius 2 is 2.14 bits per heavy atom. The van der Waals surface area contributed by atoms with Crippen molar-refractivity contribution in [1.82, 2.24) is 10.2 Å². The fourth-order valence-electron chi connectivity index (χ4n) is 3.75. The molecule has 0 radical (unpaired) electrons. The highest BCUT2D eigenvalue weighted by Gasteiger charge is 2.25. The summed E-state index contributed by atoms with van der Waals surface area (Å²) in [4.78, 5) is 16.6. The number of hydrogen-bond acceptors (Lipinski definition) is 3. The molecule has 0 unspecified atom stereocenters. The van der Waals surface area contributed by atoms with Crippen LogP contribution in [-0.2, 0) is 12.8 Å². The average molecular weight is 321 g/mol. The minimum Gasteiger partial charge on any atom is -0.349 e. The second-order valence-corrected chi connectivity index (χ2v) is 7.95. The van der Waals surface area contributed by atoms with Gasteiger partial charge in [-0.15, -0.1) is 11.3 Å². The third-order valence-electron chi connectivity index (χ3n) is 5.11. The average Bonchev–Trinajstić information content (AvgIpc) is 2.92. The number of carbonyl (C=O) groups excluding carboxylic acids is 1. The maximum Gasteiger partial charge on any atom is 0.252 e. The zero-order valence-electron chi connectivity index (χ0n) is 13.9. The van der Waals surface area contributed by atoms with Crippen molar-refractivity contribution in [1.29, 1.82) is 0 Å². The van der Waals surface area contributed by atoms with E-state index in [0.717, 1.165) is 50.3 Å². The summed E-state index contributed by atoms with van der Waals surface area (Å²) in [5, 5.41) is 5.37. The van der Waals surface area contributed by atoms with Gasteiger partial charge < -0.3 is 10.2 Å². The Morgan fingerprint density at radius 3 is 2.86 bits per heavy atom. The van der Waals surface area contributed by atoms with Crippen molar-refractivity contribution in [2.24, 2.45) is 5.92 Å². The molecule has 1 N–H and O–H groups in total. The van der Waals surface area contributed by atoms with Crippen molar-refractivity contribution in [3.63, 3.8) is 0 Å². The quantitative estimate of drug-likeness (QED) is 0.921. The van der Waals surface area contributed by atoms with Crippen molar-refractivity contribution in [3.05, 3.63) is 21.4 Å². The first-order valence-corrected chi connectivity index (χ1v) is 9.67. The molecule has 122 valence electrons. The number of nitrogens with one attached hydrogen (secondary N) is 1. The first kappa shape index (κ1) is 16.0. The van der Waals surface area contributed by atoms with Gasteiger partial charge in [-0.25, -0.2) is 0 Å². The lowest BCUT2D eigenvalue weighted by atomic mass is 9.88. The summed E-state index contributed by atoms with van der Waals surface area (Å²) in [7, 11) is 0. The molecule has 1 aromatic rings. The van der Waals surface area contributed by atoms with E-state index in [-0.39, 0.29) is 5.91 Å². The van der Waals surface area contributed by atoms with Crippen LogP contribution in [-0.4, -0.2) is 36.5 Å². The first-order valence-electron chi connectivity index (χ1n) is 8.79. The molecule has 1 amide bonds. The summed E-state index contributed by atoms with van der Waals surface area (Å²) in [5.41, 5.74) is 2.30. The number of rotatable bonds is 4. The molecule has 0 spiro atoms. The number of thiophene rings is 1. The monoisotopic (exact) mass is 320 g/mol. The zero-order valence-corrected chi connectivity index (χ0v) is 14.7. The molecule has 1 atom stereocenters. The lowest BCUT2D eigenvalue weighted by molar-refractivity contribution is 0.0910. The van der Waals surface area contributed by atoms with Crippen LogP contribution in [0.5, 0.6) is 0 Å². The standard InChI is InChI=1S/C18H28N2OS/c1-3-8-20-9-6-14(7-10-20)19-18(21)16-12-22-17-11-13(2)4-5-15(16)17/h12-14H,3-11H2,1-2H3,(H,19,21)/t13-/m1/s1. The topological polar surface area (TPSA) is 32.3 Å². The predicted octanol–water partition coefficient (Wildman–Crippen LogP) is 3.48. The highest BCUT2D eigenvalue weighted by molar-refractivity contribution is 7.10. The van der Waals surface area contributed by atoms with E-state index in [9.17, 15) is 4.79 Å². The van der Waals surface area contributed by atoms with Gasteiger partial charge in [0.25, 0.3) is 5.91 Å². The smallest absolute Gasteiger partial charge is 0.252 e. The van der Waals surface area contributed by atoms with Crippen molar-refractivity contribution in [2.45, 2.75) is 58.4 Å². The maximum absolute atomic E-state index is 12.6. The van der Waals surface area contributed by atoms with Crippen LogP contribution in [0.4, 0.5) is 0 Å². The van der Waals surface area contributed by atoms with E-state index in [1.807, 2.05) is 0 Å². The van der Waals surface area contributed by atoms with Crippen molar-refractivity contribution in [2.75, 3.05) is 19.6 Å². The van der Waals surface area contributed by atoms with Gasteiger partial charge in [0.05, 0.1) is 5.56 Å². The summed E-state index contributed by atoms with van der Waals surface area (Å²) in [6.07, 6.45) is 6.86. The minimum absolute atomic E-state index is 0.168. The Kier molecular flexibility index (Phi) is 5.19. The van der Waals surface area contributed by atoms with E-state index in [1.54, 1.807) is 11.3 Å². The van der Waals surface area contributed by atoms with E-state index in [4.69, 9.17) is 0 Å². The molecule has 1 aliphatic carbocycles. The summed E-state index contributed by atoms with van der Waals surface area (Å²) >= 11 is 1.78. The fraction of sp³-hybridized carbons (Fsp3) is 0.722. The third kappa shape index (κ3) is 3.54. The summed E-state index contributed by atoms with van der Waals surface area (Å²) < 4.78 is 0. The van der Waals surface area contributed by atoms with Gasteiger partial charge in [-0.2, -0.15) is 0 Å². The molecule has 3 rings (SSSR count). The molecule has 3 nitrogen and oxygen atoms in total. The normalized spacial score (nSPS) is 23.3. The Morgan fingerprint density at radius 1 is 1.36 bits per heavy atom. The highest BCUT2D eigenvalue weighted by atomic mass is 32.1. The van der Waals surface area contributed by atoms with Crippen LogP contribution >= 0.6 is 11.3 Å². The minimum atomic E-state index is 0.168. The molecule has 1 fully saturated rings. The number of likely N-dealkylation sites (tertiary alicyclic amines) is 1. The predicted molar refractivity (Wildman–Crippen MR) is 92.7 cm³/mol. The van der Waals surface area contributed by atoms with E-state index in [1.165, 1.54) is 29.8 Å². The van der Waals surface area contributed by atoms with Crippen LogP contribution < -0.4 is 5.32 Å². The Bertz CT molecular complexity index is 517. The van der Waals surface area contributed by atoms with Crippen LogP contribution in [0.3, 0.4) is 0 Å². The molecule has 4 heteroatoms. The van der Waals surface area contributed by atoms with Crippen molar-refractivity contribution >= 4 is 17.2 Å². The lowest BCUT2D eigenvalue weighted by Gasteiger charge is -2.32. The molecule has 1 aromatic heterocycles. The van der Waals surface area contributed by atoms with Crippen LogP contribution in [0, 0.1) is 5.92 Å². The Labute approximate surface area is 138 Å². The summed E-state index contributed by atoms with van der Waals surface area (Å²) in [6.45, 7) is 7.98. The van der Waals surface area contributed by atoms with Gasteiger partial charge in [0.2, 0.25) is 0 Å². The van der Waals surface area contributed by atoms with Crippen LogP contribution in [0.25, 0.3) is 0 Å². The number of hydrogen-bond donors (Lipinski definition) is 1. The van der Waals surface area contributed by atoms with Gasteiger partial charge in [0.15, 0.2) is 0 Å². The van der Waals surface area contributed by atoms with Gasteiger partial charge >= 0.3 is 0 Å². The molecule has 1 aliphatic heterocycles. The van der Waals surface area contributed by atoms with Crippen LogP contribution in [0.15, 0.2) is 5.38 Å². The number of piperidine rings is 1. The zero-order chi connectivity index (χ0) is 15.5. The number of fused-ring (bicyclic) bond motifs is 1. The third-order valence-corrected chi connectivity index (χ3v) is 6.16. The highest BCUT2D eigenvalue weighted by Crippen LogP contribution is 2.32. The molecule has 0 saturated carbocycles. The van der Waals surface area contributed by atoms with Crippen LogP contribution in [0.2, 0.25) is 0 Å². The molecule has 2 aliphatic rings. The molecule has 2 heterocycles. The van der Waals surface area contributed by atoms with Gasteiger partial charge in [-0.1, -0.05) is 13.8 Å². The SMILES string of the molecule is CCCN1CCC(NC(=O)c2csc3c2CC[C@@H](C)C3)CC1. The second-order valence-electron chi connectivity index (χ2n) is 6.99.